The largest absolute Gasteiger partial charge is 0.495 e. The van der Waals surface area contributed by atoms with Crippen LogP contribution in [0.3, 0.4) is 0 Å². The monoisotopic (exact) mass is 554 g/mol. The van der Waals surface area contributed by atoms with Crippen LogP contribution in [0, 0.1) is 20.2 Å². The van der Waals surface area contributed by atoms with Gasteiger partial charge in [0.1, 0.15) is 11.5 Å². The molecule has 3 rings (SSSR count). The van der Waals surface area contributed by atoms with E-state index in [1.165, 1.54) is 26.4 Å². The molecule has 4 N–H and O–H groups in total. The van der Waals surface area contributed by atoms with Crippen LogP contribution in [0.4, 0.5) is 22.7 Å². The number of nitrogens with one attached hydrogen (secondary N) is 2. The molecule has 0 spiro atoms. The number of benzene rings is 3. The van der Waals surface area contributed by atoms with Crippen molar-refractivity contribution in [2.45, 2.75) is 0 Å². The zero-order valence-corrected chi connectivity index (χ0v) is 20.5. The summed E-state index contributed by atoms with van der Waals surface area (Å²) in [5.74, 6) is -5.81. The van der Waals surface area contributed by atoms with Crippen LogP contribution in [0.15, 0.2) is 48.5 Å². The number of anilines is 2. The van der Waals surface area contributed by atoms with Crippen molar-refractivity contribution in [2.75, 3.05) is 24.9 Å². The van der Waals surface area contributed by atoms with Crippen molar-refractivity contribution >= 4 is 46.5 Å². The van der Waals surface area contributed by atoms with E-state index in [2.05, 4.69) is 10.6 Å². The van der Waals surface area contributed by atoms with Gasteiger partial charge in [-0.05, 0) is 24.3 Å². The van der Waals surface area contributed by atoms with E-state index in [4.69, 9.17) is 9.47 Å². The van der Waals surface area contributed by atoms with Crippen molar-refractivity contribution in [3.8, 4) is 11.5 Å². The molecule has 0 heterocycles. The Labute approximate surface area is 223 Å². The number of methoxy groups -OCH3 is 2. The van der Waals surface area contributed by atoms with Crippen LogP contribution in [-0.2, 0) is 0 Å². The first-order valence-electron chi connectivity index (χ1n) is 10.8. The molecule has 0 bridgehead atoms. The van der Waals surface area contributed by atoms with Gasteiger partial charge in [-0.3, -0.25) is 29.8 Å². The molecule has 16 heteroatoms. The Hall–Kier alpha value is -6.06. The number of carbonyl (C=O) groups is 4. The summed E-state index contributed by atoms with van der Waals surface area (Å²) in [6, 6.07) is 7.75. The fourth-order valence-electron chi connectivity index (χ4n) is 3.52. The van der Waals surface area contributed by atoms with Crippen LogP contribution in [-0.4, -0.2) is 58.0 Å². The minimum absolute atomic E-state index is 0.0174. The maximum atomic E-state index is 13.0. The molecule has 2 amide bonds. The van der Waals surface area contributed by atoms with Gasteiger partial charge in [-0.1, -0.05) is 0 Å². The number of rotatable bonds is 10. The average Bonchev–Trinajstić information content (AvgIpc) is 2.91. The highest BCUT2D eigenvalue weighted by atomic mass is 16.6. The molecule has 0 fully saturated rings. The summed E-state index contributed by atoms with van der Waals surface area (Å²) in [7, 11) is 2.43. The number of ether oxygens (including phenoxy) is 2. The first-order valence-corrected chi connectivity index (χ1v) is 10.8. The fourth-order valence-corrected chi connectivity index (χ4v) is 3.52. The zero-order valence-electron chi connectivity index (χ0n) is 20.5. The summed E-state index contributed by atoms with van der Waals surface area (Å²) in [4.78, 5) is 70.9. The minimum Gasteiger partial charge on any atom is -0.495 e. The third kappa shape index (κ3) is 5.91. The number of carboxylic acids is 2. The molecule has 0 saturated heterocycles. The third-order valence-electron chi connectivity index (χ3n) is 5.39. The number of amides is 2. The van der Waals surface area contributed by atoms with Crippen molar-refractivity contribution in [3.05, 3.63) is 91.0 Å². The highest BCUT2D eigenvalue weighted by molar-refractivity contribution is 6.17. The van der Waals surface area contributed by atoms with Crippen molar-refractivity contribution in [1.82, 2.24) is 0 Å². The van der Waals surface area contributed by atoms with E-state index in [-0.39, 0.29) is 22.9 Å². The second-order valence-electron chi connectivity index (χ2n) is 7.75. The number of hydrogen-bond acceptors (Lipinski definition) is 10. The third-order valence-corrected chi connectivity index (χ3v) is 5.39. The second kappa shape index (κ2) is 11.5. The smallest absolute Gasteiger partial charge is 0.336 e. The standard InChI is InChI=1S/C24H18N4O12/c1-39-19-5-3-11(27(35)36)7-17(19)25-21(29)13-9-16(24(33)34)14(10-15(13)23(31)32)22(30)26-18-8-12(28(37)38)4-6-20(18)40-2/h3-10H,1-2H3,(H,25,29)(H,26,30)(H,31,32)(H,33,34). The summed E-state index contributed by atoms with van der Waals surface area (Å²) in [6.07, 6.45) is 0. The molecule has 0 aliphatic rings. The van der Waals surface area contributed by atoms with Crippen molar-refractivity contribution < 1.29 is 48.7 Å². The lowest BCUT2D eigenvalue weighted by Crippen LogP contribution is -2.22. The Balaban J connectivity index is 2.09. The van der Waals surface area contributed by atoms with E-state index in [1.807, 2.05) is 0 Å². The number of carbonyl (C=O) groups excluding carboxylic acids is 2. The normalized spacial score (nSPS) is 10.2. The maximum absolute atomic E-state index is 13.0. The quantitative estimate of drug-likeness (QED) is 0.208. The van der Waals surface area contributed by atoms with Crippen molar-refractivity contribution in [2.24, 2.45) is 0 Å². The highest BCUT2D eigenvalue weighted by Gasteiger charge is 2.27. The summed E-state index contributed by atoms with van der Waals surface area (Å²) in [5.41, 5.74) is -4.24. The molecule has 0 aromatic heterocycles. The summed E-state index contributed by atoms with van der Waals surface area (Å²) < 4.78 is 10.1. The number of nitro benzene ring substituents is 2. The molecular formula is C24H18N4O12. The molecule has 0 atom stereocenters. The predicted molar refractivity (Wildman–Crippen MR) is 136 cm³/mol. The van der Waals surface area contributed by atoms with Crippen LogP contribution in [0.5, 0.6) is 11.5 Å². The molecule has 3 aromatic rings. The van der Waals surface area contributed by atoms with Gasteiger partial charge >= 0.3 is 11.9 Å². The lowest BCUT2D eigenvalue weighted by molar-refractivity contribution is -0.385. The van der Waals surface area contributed by atoms with E-state index in [9.17, 15) is 49.6 Å². The first kappa shape index (κ1) is 28.5. The lowest BCUT2D eigenvalue weighted by Gasteiger charge is -2.15. The summed E-state index contributed by atoms with van der Waals surface area (Å²) >= 11 is 0. The van der Waals surface area contributed by atoms with Crippen molar-refractivity contribution in [1.29, 1.82) is 0 Å². The number of non-ortho nitro benzene ring substituents is 2. The molecule has 0 aliphatic heterocycles. The number of nitro groups is 2. The average molecular weight is 554 g/mol. The Morgan fingerprint density at radius 3 is 1.27 bits per heavy atom. The molecule has 0 radical (unpaired) electrons. The lowest BCUT2D eigenvalue weighted by atomic mass is 9.96. The Kier molecular flexibility index (Phi) is 8.23. The predicted octanol–water partition coefficient (Wildman–Crippen LogP) is 3.42. The number of hydrogen-bond donors (Lipinski definition) is 4. The van der Waals surface area contributed by atoms with Gasteiger partial charge in [0.05, 0.1) is 57.7 Å². The van der Waals surface area contributed by atoms with E-state index in [0.717, 1.165) is 24.3 Å². The van der Waals surface area contributed by atoms with Gasteiger partial charge in [0.2, 0.25) is 0 Å². The van der Waals surface area contributed by atoms with Gasteiger partial charge < -0.3 is 30.3 Å². The van der Waals surface area contributed by atoms with Crippen LogP contribution in [0.2, 0.25) is 0 Å². The van der Waals surface area contributed by atoms with E-state index in [1.54, 1.807) is 0 Å². The highest BCUT2D eigenvalue weighted by Crippen LogP contribution is 2.32. The van der Waals surface area contributed by atoms with Gasteiger partial charge in [0.15, 0.2) is 0 Å². The SMILES string of the molecule is COc1ccc([N+](=O)[O-])cc1NC(=O)c1cc(C(=O)O)c(C(=O)Nc2cc([N+](=O)[O-])ccc2OC)cc1C(=O)O. The molecule has 206 valence electrons. The van der Waals surface area contributed by atoms with E-state index < -0.39 is 67.2 Å². The molecule has 16 nitrogen and oxygen atoms in total. The molecule has 0 aliphatic carbocycles. The van der Waals surface area contributed by atoms with E-state index in [0.29, 0.717) is 12.1 Å². The number of nitrogens with zero attached hydrogens (tertiary/aromatic N) is 2. The molecule has 40 heavy (non-hydrogen) atoms. The van der Waals surface area contributed by atoms with Gasteiger partial charge in [0.25, 0.3) is 23.2 Å². The van der Waals surface area contributed by atoms with Gasteiger partial charge in [-0.2, -0.15) is 0 Å². The van der Waals surface area contributed by atoms with Crippen molar-refractivity contribution in [3.63, 3.8) is 0 Å². The molecule has 0 unspecified atom stereocenters. The summed E-state index contributed by atoms with van der Waals surface area (Å²) in [5, 5.41) is 46.2. The second-order valence-corrected chi connectivity index (χ2v) is 7.75. The number of aromatic carboxylic acids is 2. The molecular weight excluding hydrogens is 536 g/mol. The van der Waals surface area contributed by atoms with Gasteiger partial charge in [0, 0.05) is 24.3 Å². The van der Waals surface area contributed by atoms with E-state index >= 15 is 0 Å². The van der Waals surface area contributed by atoms with Crippen LogP contribution in [0.25, 0.3) is 0 Å². The van der Waals surface area contributed by atoms with Crippen LogP contribution < -0.4 is 20.1 Å². The molecule has 0 saturated carbocycles. The van der Waals surface area contributed by atoms with Gasteiger partial charge in [-0.25, -0.2) is 9.59 Å². The van der Waals surface area contributed by atoms with Gasteiger partial charge in [-0.15, -0.1) is 0 Å². The Bertz CT molecular complexity index is 1470. The summed E-state index contributed by atoms with van der Waals surface area (Å²) in [6.45, 7) is 0. The Morgan fingerprint density at radius 2 is 1.00 bits per heavy atom. The first-order chi connectivity index (χ1) is 18.9. The van der Waals surface area contributed by atoms with Crippen LogP contribution in [0.1, 0.15) is 41.4 Å². The maximum Gasteiger partial charge on any atom is 0.336 e. The number of carboxylic acid groups (broad SMARTS) is 2. The minimum atomic E-state index is -1.71. The topological polar surface area (TPSA) is 238 Å². The zero-order chi connectivity index (χ0) is 29.7. The Morgan fingerprint density at radius 1 is 0.650 bits per heavy atom. The van der Waals surface area contributed by atoms with Crippen LogP contribution >= 0.6 is 0 Å². The molecule has 3 aromatic carbocycles. The fraction of sp³-hybridized carbons (Fsp3) is 0.0833.